The maximum absolute atomic E-state index is 12.3. The number of hydrogen-bond acceptors (Lipinski definition) is 7. The molecule has 3 heterocycles. The molecule has 4 aliphatic rings. The highest BCUT2D eigenvalue weighted by atomic mass is 16.4. The normalized spacial score (nSPS) is 21.8. The van der Waals surface area contributed by atoms with Crippen LogP contribution in [0.4, 0.5) is 0 Å². The summed E-state index contributed by atoms with van der Waals surface area (Å²) in [5.41, 5.74) is 2.60. The predicted octanol–water partition coefficient (Wildman–Crippen LogP) is 0.871. The smallest absolute Gasteiger partial charge is 0.349 e. The van der Waals surface area contributed by atoms with Gasteiger partial charge in [0, 0.05) is 25.2 Å². The number of benzene rings is 1. The Bertz CT molecular complexity index is 1310. The summed E-state index contributed by atoms with van der Waals surface area (Å²) in [5.74, 6) is -0.434. The van der Waals surface area contributed by atoms with Crippen LogP contribution in [0.2, 0.25) is 0 Å². The molecule has 5 rings (SSSR count). The Morgan fingerprint density at radius 1 is 1.18 bits per heavy atom. The van der Waals surface area contributed by atoms with E-state index in [-0.39, 0.29) is 17.6 Å². The predicted molar refractivity (Wildman–Crippen MR) is 123 cm³/mol. The van der Waals surface area contributed by atoms with E-state index in [2.05, 4.69) is 25.2 Å². The number of carbonyl (C=O) groups is 1. The van der Waals surface area contributed by atoms with E-state index in [1.807, 2.05) is 30.5 Å². The van der Waals surface area contributed by atoms with Crippen molar-refractivity contribution in [3.63, 3.8) is 0 Å². The van der Waals surface area contributed by atoms with Gasteiger partial charge >= 0.3 is 11.7 Å². The average Bonchev–Trinajstić information content (AvgIpc) is 3.66. The number of fused-ring (bicyclic) bond motifs is 3. The van der Waals surface area contributed by atoms with Gasteiger partial charge in [0.1, 0.15) is 6.04 Å². The van der Waals surface area contributed by atoms with Crippen molar-refractivity contribution >= 4 is 17.0 Å². The number of hydrogen-bond donors (Lipinski definition) is 3. The zero-order valence-corrected chi connectivity index (χ0v) is 18.8. The van der Waals surface area contributed by atoms with E-state index in [9.17, 15) is 19.5 Å². The summed E-state index contributed by atoms with van der Waals surface area (Å²) in [4.78, 5) is 48.5. The van der Waals surface area contributed by atoms with Gasteiger partial charge in [-0.05, 0) is 62.9 Å². The van der Waals surface area contributed by atoms with Gasteiger partial charge in [0.2, 0.25) is 0 Å². The molecular weight excluding hydrogens is 424 g/mol. The second-order valence-electron chi connectivity index (χ2n) is 9.15. The molecule has 0 aromatic heterocycles. The number of aliphatic carboxylic acids is 1. The molecule has 2 unspecified atom stereocenters. The van der Waals surface area contributed by atoms with Gasteiger partial charge in [-0.25, -0.2) is 9.78 Å². The zero-order chi connectivity index (χ0) is 23.3. The molecule has 1 aromatic rings. The molecule has 1 aromatic carbocycles. The zero-order valence-electron chi connectivity index (χ0n) is 18.8. The van der Waals surface area contributed by atoms with Crippen LogP contribution in [0.15, 0.2) is 21.7 Å². The van der Waals surface area contributed by atoms with Gasteiger partial charge in [0.05, 0.1) is 11.0 Å². The maximum Gasteiger partial charge on any atom is 0.349 e. The van der Waals surface area contributed by atoms with Crippen molar-refractivity contribution in [1.82, 2.24) is 29.7 Å². The molecular formula is C23H28N6O4. The summed E-state index contributed by atoms with van der Waals surface area (Å²) in [5, 5.41) is 12.8. The van der Waals surface area contributed by atoms with Gasteiger partial charge < -0.3 is 15.0 Å². The Hall–Kier alpha value is -3.11. The molecule has 33 heavy (non-hydrogen) atoms. The van der Waals surface area contributed by atoms with Gasteiger partial charge in [0.15, 0.2) is 11.5 Å². The molecule has 3 N–H and O–H groups in total. The molecule has 10 heteroatoms. The van der Waals surface area contributed by atoms with Gasteiger partial charge in [0.25, 0.3) is 5.56 Å². The van der Waals surface area contributed by atoms with E-state index in [4.69, 9.17) is 0 Å². The topological polar surface area (TPSA) is 133 Å². The number of rotatable bonds is 10. The van der Waals surface area contributed by atoms with Crippen molar-refractivity contribution in [1.29, 1.82) is 0 Å². The number of unbranched alkanes of at least 4 members (excludes halogenated alkanes) is 1. The molecule has 10 nitrogen and oxygen atoms in total. The molecule has 1 saturated heterocycles. The van der Waals surface area contributed by atoms with Gasteiger partial charge in [-0.2, -0.15) is 4.98 Å². The first-order chi connectivity index (χ1) is 15.8. The standard InChI is InChI=1S/C23H28N6O4/c1-12-9-14-16(10-13(12)2)28(20-19(25-14)21(30)27-23(33)26-20)8-7-24-6-4-3-5-15(22(31)32)29-17-11-18(17)29/h9-10,15,17-18,24H,3-8,11H2,1-2H3,(H,31,32)(H,27,30,33)/t15-,17?,18?,29?/m1/s1. The number of likely N-dealkylation sites (tertiary alicyclic amines) is 1. The summed E-state index contributed by atoms with van der Waals surface area (Å²) in [7, 11) is 0. The second-order valence-corrected chi connectivity index (χ2v) is 9.15. The average molecular weight is 453 g/mol. The number of carboxylic acids is 1. The van der Waals surface area contributed by atoms with E-state index in [1.165, 1.54) is 0 Å². The molecule has 3 aliphatic heterocycles. The Morgan fingerprint density at radius 2 is 1.94 bits per heavy atom. The fourth-order valence-corrected chi connectivity index (χ4v) is 4.67. The number of H-pyrrole nitrogens is 1. The second kappa shape index (κ2) is 8.35. The first-order valence-electron chi connectivity index (χ1n) is 11.5. The summed E-state index contributed by atoms with van der Waals surface area (Å²) in [6, 6.07) is 4.69. The minimum Gasteiger partial charge on any atom is -0.480 e. The van der Waals surface area contributed by atoms with Crippen LogP contribution >= 0.6 is 0 Å². The first kappa shape index (κ1) is 21.7. The van der Waals surface area contributed by atoms with Crippen LogP contribution in [0.5, 0.6) is 0 Å². The van der Waals surface area contributed by atoms with Crippen LogP contribution in [0.3, 0.4) is 0 Å². The van der Waals surface area contributed by atoms with Gasteiger partial charge in [-0.15, -0.1) is 0 Å². The minimum atomic E-state index is -0.714. The molecule has 0 radical (unpaired) electrons. The lowest BCUT2D eigenvalue weighted by Gasteiger charge is -2.19. The number of aromatic amines is 1. The summed E-state index contributed by atoms with van der Waals surface area (Å²) < 4.78 is 1.88. The Kier molecular flexibility index (Phi) is 5.49. The Balaban J connectivity index is 1.24. The monoisotopic (exact) mass is 452 g/mol. The molecule has 1 saturated carbocycles. The Morgan fingerprint density at radius 3 is 2.64 bits per heavy atom. The fraction of sp³-hybridized carbons (Fsp3) is 0.522. The van der Waals surface area contributed by atoms with Gasteiger partial charge in [-0.3, -0.25) is 19.5 Å². The third-order valence-electron chi connectivity index (χ3n) is 6.86. The van der Waals surface area contributed by atoms with Crippen LogP contribution in [0, 0.1) is 13.8 Å². The summed E-state index contributed by atoms with van der Waals surface area (Å²) in [6.45, 7) is 5.90. The SMILES string of the molecule is Cc1cc2nc3c(=O)[nH]c(=O)nc-3n(CCNCCCC[C@H](C(=O)O)N3C4CC43)c2cc1C. The first-order valence-corrected chi connectivity index (χ1v) is 11.5. The highest BCUT2D eigenvalue weighted by Crippen LogP contribution is 2.52. The highest BCUT2D eigenvalue weighted by Gasteiger charge is 2.65. The highest BCUT2D eigenvalue weighted by molar-refractivity contribution is 5.81. The van der Waals surface area contributed by atoms with Crippen molar-refractivity contribution < 1.29 is 9.90 Å². The quantitative estimate of drug-likeness (QED) is 0.234. The molecule has 0 amide bonds. The minimum absolute atomic E-state index is 0.151. The van der Waals surface area contributed by atoms with Crippen molar-refractivity contribution in [3.05, 3.63) is 44.1 Å². The van der Waals surface area contributed by atoms with Gasteiger partial charge in [-0.1, -0.05) is 6.42 Å². The van der Waals surface area contributed by atoms with Crippen LogP contribution < -0.4 is 16.6 Å². The van der Waals surface area contributed by atoms with Crippen molar-refractivity contribution in [2.24, 2.45) is 0 Å². The van der Waals surface area contributed by atoms with Crippen LogP contribution in [0.25, 0.3) is 22.6 Å². The number of carboxylic acid groups (broad SMARTS) is 1. The maximum atomic E-state index is 12.3. The number of nitrogens with one attached hydrogen (secondary N) is 2. The van der Waals surface area contributed by atoms with E-state index in [0.717, 1.165) is 42.5 Å². The van der Waals surface area contributed by atoms with E-state index < -0.39 is 17.2 Å². The van der Waals surface area contributed by atoms with Crippen molar-refractivity contribution in [2.75, 3.05) is 13.1 Å². The van der Waals surface area contributed by atoms with Crippen molar-refractivity contribution in [2.45, 2.75) is 64.2 Å². The molecule has 3 atom stereocenters. The Labute approximate surface area is 190 Å². The van der Waals surface area contributed by atoms with Crippen LogP contribution in [-0.4, -0.2) is 66.7 Å². The lowest BCUT2D eigenvalue weighted by Crippen LogP contribution is -2.33. The molecule has 174 valence electrons. The molecule has 1 aliphatic carbocycles. The van der Waals surface area contributed by atoms with Crippen LogP contribution in [-0.2, 0) is 11.3 Å². The lowest BCUT2D eigenvalue weighted by molar-refractivity contribution is -0.142. The van der Waals surface area contributed by atoms with Crippen LogP contribution in [0.1, 0.15) is 36.8 Å². The van der Waals surface area contributed by atoms with Crippen molar-refractivity contribution in [3.8, 4) is 11.5 Å². The summed E-state index contributed by atoms with van der Waals surface area (Å²) >= 11 is 0. The largest absolute Gasteiger partial charge is 0.480 e. The molecule has 0 bridgehead atoms. The summed E-state index contributed by atoms with van der Waals surface area (Å²) in [6.07, 6.45) is 3.57. The molecule has 2 fully saturated rings. The third kappa shape index (κ3) is 4.16. The lowest BCUT2D eigenvalue weighted by atomic mass is 10.1. The number of aryl methyl sites for hydroxylation is 2. The molecule has 0 spiro atoms. The third-order valence-corrected chi connectivity index (χ3v) is 6.86. The van der Waals surface area contributed by atoms with E-state index in [0.29, 0.717) is 37.1 Å². The fourth-order valence-electron chi connectivity index (χ4n) is 4.67. The van der Waals surface area contributed by atoms with E-state index >= 15 is 0 Å². The number of aromatic nitrogens is 4. The van der Waals surface area contributed by atoms with E-state index in [1.54, 1.807) is 0 Å². The number of nitrogens with zero attached hydrogens (tertiary/aromatic N) is 4.